The molecule has 0 aromatic heterocycles. The summed E-state index contributed by atoms with van der Waals surface area (Å²) in [5.41, 5.74) is 3.80. The van der Waals surface area contributed by atoms with Crippen LogP contribution in [0, 0.1) is 6.92 Å². The van der Waals surface area contributed by atoms with Gasteiger partial charge in [-0.25, -0.2) is 4.79 Å². The fourth-order valence-electron chi connectivity index (χ4n) is 2.84. The van der Waals surface area contributed by atoms with Gasteiger partial charge in [-0.3, -0.25) is 4.79 Å². The van der Waals surface area contributed by atoms with Crippen LogP contribution in [0.25, 0.3) is 6.08 Å². The van der Waals surface area contributed by atoms with E-state index in [0.29, 0.717) is 17.9 Å². The number of carbonyl (C=O) groups excluding carboxylic acids is 2. The molecule has 0 aliphatic rings. The molecule has 0 saturated heterocycles. The van der Waals surface area contributed by atoms with Gasteiger partial charge >= 0.3 is 5.97 Å². The van der Waals surface area contributed by atoms with Gasteiger partial charge in [0, 0.05) is 11.8 Å². The smallest absolute Gasteiger partial charge is 0.337 e. The Balaban J connectivity index is 1.60. The SMILES string of the molecule is COC(=O)c1ccc(NC(=O)/C=C/c2cccc(OCc3ccccc3)c2)c(C)c1. The third-order valence-electron chi connectivity index (χ3n) is 4.44. The second kappa shape index (κ2) is 10.1. The minimum atomic E-state index is -0.412. The summed E-state index contributed by atoms with van der Waals surface area (Å²) in [6.45, 7) is 2.30. The normalized spacial score (nSPS) is 10.6. The van der Waals surface area contributed by atoms with Crippen molar-refractivity contribution >= 4 is 23.6 Å². The maximum absolute atomic E-state index is 12.3. The zero-order valence-electron chi connectivity index (χ0n) is 16.9. The predicted octanol–water partition coefficient (Wildman–Crippen LogP) is 5.01. The fraction of sp³-hybridized carbons (Fsp3) is 0.120. The summed E-state index contributed by atoms with van der Waals surface area (Å²) in [6.07, 6.45) is 3.19. The number of methoxy groups -OCH3 is 1. The number of aryl methyl sites for hydroxylation is 1. The molecule has 0 atom stereocenters. The molecule has 3 aromatic rings. The monoisotopic (exact) mass is 401 g/mol. The third kappa shape index (κ3) is 5.82. The van der Waals surface area contributed by atoms with Crippen LogP contribution in [0.5, 0.6) is 5.75 Å². The average molecular weight is 401 g/mol. The van der Waals surface area contributed by atoms with Crippen LogP contribution in [-0.2, 0) is 16.1 Å². The molecule has 0 spiro atoms. The molecular weight excluding hydrogens is 378 g/mol. The van der Waals surface area contributed by atoms with E-state index in [4.69, 9.17) is 9.47 Å². The summed E-state index contributed by atoms with van der Waals surface area (Å²) in [5.74, 6) is 0.0559. The van der Waals surface area contributed by atoms with Crippen molar-refractivity contribution in [3.05, 3.63) is 101 Å². The van der Waals surface area contributed by atoms with E-state index in [1.165, 1.54) is 13.2 Å². The fourth-order valence-corrected chi connectivity index (χ4v) is 2.84. The number of carbonyl (C=O) groups is 2. The van der Waals surface area contributed by atoms with Crippen molar-refractivity contribution in [1.29, 1.82) is 0 Å². The standard InChI is InChI=1S/C25H23NO4/c1-18-15-21(25(28)29-2)12-13-23(18)26-24(27)14-11-19-9-6-10-22(16-19)30-17-20-7-4-3-5-8-20/h3-16H,17H2,1-2H3,(H,26,27)/b14-11+. The highest BCUT2D eigenvalue weighted by atomic mass is 16.5. The van der Waals surface area contributed by atoms with Crippen molar-refractivity contribution in [3.8, 4) is 5.75 Å². The van der Waals surface area contributed by atoms with Crippen LogP contribution >= 0.6 is 0 Å². The first kappa shape index (κ1) is 20.9. The molecule has 0 saturated carbocycles. The number of rotatable bonds is 7. The lowest BCUT2D eigenvalue weighted by atomic mass is 10.1. The molecule has 30 heavy (non-hydrogen) atoms. The van der Waals surface area contributed by atoms with Crippen molar-refractivity contribution in [2.75, 3.05) is 12.4 Å². The molecule has 0 bridgehead atoms. The molecular formula is C25H23NO4. The van der Waals surface area contributed by atoms with Crippen LogP contribution in [0.15, 0.2) is 78.9 Å². The van der Waals surface area contributed by atoms with Gasteiger partial charge in [-0.1, -0.05) is 42.5 Å². The Labute approximate surface area is 176 Å². The number of ether oxygens (including phenoxy) is 2. The summed E-state index contributed by atoms with van der Waals surface area (Å²) < 4.78 is 10.5. The van der Waals surface area contributed by atoms with E-state index in [1.54, 1.807) is 24.3 Å². The lowest BCUT2D eigenvalue weighted by molar-refractivity contribution is -0.111. The first-order valence-electron chi connectivity index (χ1n) is 9.50. The number of benzene rings is 3. The Morgan fingerprint density at radius 3 is 2.50 bits per heavy atom. The van der Waals surface area contributed by atoms with Gasteiger partial charge in [-0.15, -0.1) is 0 Å². The molecule has 0 fully saturated rings. The van der Waals surface area contributed by atoms with Gasteiger partial charge in [-0.2, -0.15) is 0 Å². The molecule has 0 aliphatic carbocycles. The molecule has 5 nitrogen and oxygen atoms in total. The average Bonchev–Trinajstić information content (AvgIpc) is 2.78. The molecule has 3 rings (SSSR count). The van der Waals surface area contributed by atoms with Crippen molar-refractivity contribution < 1.29 is 19.1 Å². The first-order chi connectivity index (χ1) is 14.5. The number of hydrogen-bond acceptors (Lipinski definition) is 4. The zero-order chi connectivity index (χ0) is 21.3. The molecule has 1 amide bonds. The third-order valence-corrected chi connectivity index (χ3v) is 4.44. The van der Waals surface area contributed by atoms with Crippen molar-refractivity contribution in [2.24, 2.45) is 0 Å². The summed E-state index contributed by atoms with van der Waals surface area (Å²) >= 11 is 0. The van der Waals surface area contributed by atoms with Crippen LogP contribution in [0.2, 0.25) is 0 Å². The van der Waals surface area contributed by atoms with Gasteiger partial charge in [0.2, 0.25) is 5.91 Å². The van der Waals surface area contributed by atoms with E-state index >= 15 is 0 Å². The van der Waals surface area contributed by atoms with E-state index in [-0.39, 0.29) is 5.91 Å². The van der Waals surface area contributed by atoms with Gasteiger partial charge in [0.05, 0.1) is 12.7 Å². The van der Waals surface area contributed by atoms with Crippen LogP contribution in [0.3, 0.4) is 0 Å². The van der Waals surface area contributed by atoms with Crippen LogP contribution in [0.1, 0.15) is 27.0 Å². The molecule has 0 unspecified atom stereocenters. The Morgan fingerprint density at radius 2 is 1.77 bits per heavy atom. The van der Waals surface area contributed by atoms with Crippen molar-refractivity contribution in [3.63, 3.8) is 0 Å². The predicted molar refractivity (Wildman–Crippen MR) is 117 cm³/mol. The van der Waals surface area contributed by atoms with Gasteiger partial charge in [0.1, 0.15) is 12.4 Å². The highest BCUT2D eigenvalue weighted by Crippen LogP contribution is 2.18. The topological polar surface area (TPSA) is 64.6 Å². The van der Waals surface area contributed by atoms with Gasteiger partial charge < -0.3 is 14.8 Å². The summed E-state index contributed by atoms with van der Waals surface area (Å²) in [7, 11) is 1.33. The Kier molecular flexibility index (Phi) is 7.00. The summed E-state index contributed by atoms with van der Waals surface area (Å²) in [4.78, 5) is 23.9. The lowest BCUT2D eigenvalue weighted by Gasteiger charge is -2.08. The van der Waals surface area contributed by atoms with E-state index in [9.17, 15) is 9.59 Å². The van der Waals surface area contributed by atoms with Gasteiger partial charge in [0.15, 0.2) is 0 Å². The number of esters is 1. The number of hydrogen-bond donors (Lipinski definition) is 1. The zero-order valence-corrected chi connectivity index (χ0v) is 16.9. The molecule has 0 heterocycles. The van der Waals surface area contributed by atoms with Crippen molar-refractivity contribution in [1.82, 2.24) is 0 Å². The Morgan fingerprint density at radius 1 is 0.967 bits per heavy atom. The minimum absolute atomic E-state index is 0.264. The summed E-state index contributed by atoms with van der Waals surface area (Å²) in [6, 6.07) is 22.5. The van der Waals surface area contributed by atoms with Crippen molar-refractivity contribution in [2.45, 2.75) is 13.5 Å². The largest absolute Gasteiger partial charge is 0.489 e. The molecule has 0 radical (unpaired) electrons. The quantitative estimate of drug-likeness (QED) is 0.446. The molecule has 1 N–H and O–H groups in total. The number of nitrogens with one attached hydrogen (secondary N) is 1. The highest BCUT2D eigenvalue weighted by molar-refractivity contribution is 6.02. The first-order valence-corrected chi connectivity index (χ1v) is 9.50. The Bertz CT molecular complexity index is 1060. The van der Waals surface area contributed by atoms with E-state index in [2.05, 4.69) is 5.32 Å². The summed E-state index contributed by atoms with van der Waals surface area (Å²) in [5, 5.41) is 2.82. The second-order valence-electron chi connectivity index (χ2n) is 6.69. The highest BCUT2D eigenvalue weighted by Gasteiger charge is 2.08. The second-order valence-corrected chi connectivity index (χ2v) is 6.69. The maximum atomic E-state index is 12.3. The molecule has 5 heteroatoms. The van der Waals surface area contributed by atoms with E-state index < -0.39 is 5.97 Å². The molecule has 0 aliphatic heterocycles. The van der Waals surface area contributed by atoms with Gasteiger partial charge in [0.25, 0.3) is 0 Å². The van der Waals surface area contributed by atoms with Crippen LogP contribution in [-0.4, -0.2) is 19.0 Å². The maximum Gasteiger partial charge on any atom is 0.337 e. The van der Waals surface area contributed by atoms with E-state index in [1.807, 2.05) is 61.5 Å². The van der Waals surface area contributed by atoms with E-state index in [0.717, 1.165) is 22.4 Å². The van der Waals surface area contributed by atoms with Crippen LogP contribution in [0.4, 0.5) is 5.69 Å². The van der Waals surface area contributed by atoms with Crippen LogP contribution < -0.4 is 10.1 Å². The lowest BCUT2D eigenvalue weighted by Crippen LogP contribution is -2.10. The van der Waals surface area contributed by atoms with Gasteiger partial charge in [-0.05, 0) is 60.0 Å². The number of anilines is 1. The molecule has 3 aromatic carbocycles. The molecule has 152 valence electrons. The number of amides is 1. The Hall–Kier alpha value is -3.86. The minimum Gasteiger partial charge on any atom is -0.489 e.